The number of unbranched alkanes of at least 4 members (excludes halogenated alkanes) is 2. The summed E-state index contributed by atoms with van der Waals surface area (Å²) in [5.41, 5.74) is 1.64. The van der Waals surface area contributed by atoms with E-state index in [2.05, 4.69) is 17.0 Å². The highest BCUT2D eigenvalue weighted by molar-refractivity contribution is 7.92. The van der Waals surface area contributed by atoms with Crippen LogP contribution in [-0.2, 0) is 10.0 Å². The highest BCUT2D eigenvalue weighted by atomic mass is 32.2. The van der Waals surface area contributed by atoms with Crippen LogP contribution in [0.2, 0.25) is 0 Å². The van der Waals surface area contributed by atoms with Gasteiger partial charge in [0.25, 0.3) is 0 Å². The second-order valence-electron chi connectivity index (χ2n) is 4.63. The minimum absolute atomic E-state index is 0.157. The summed E-state index contributed by atoms with van der Waals surface area (Å²) < 4.78 is 25.8. The highest BCUT2D eigenvalue weighted by Gasteiger charge is 2.08. The Labute approximate surface area is 116 Å². The summed E-state index contributed by atoms with van der Waals surface area (Å²) in [4.78, 5) is 0. The number of rotatable bonds is 9. The summed E-state index contributed by atoms with van der Waals surface area (Å²) in [6.45, 7) is 4.98. The molecule has 1 aromatic carbocycles. The van der Waals surface area contributed by atoms with Crippen LogP contribution >= 0.6 is 0 Å². The average molecular weight is 284 g/mol. The summed E-state index contributed by atoms with van der Waals surface area (Å²) in [6, 6.07) is 7.37. The van der Waals surface area contributed by atoms with Crippen LogP contribution < -0.4 is 10.0 Å². The maximum absolute atomic E-state index is 11.6. The minimum atomic E-state index is -3.19. The summed E-state index contributed by atoms with van der Waals surface area (Å²) in [6.07, 6.45) is 4.20. The normalized spacial score (nSPS) is 11.3. The Bertz CT molecular complexity index is 455. The van der Waals surface area contributed by atoms with Crippen LogP contribution in [-0.4, -0.2) is 20.7 Å². The summed E-state index contributed by atoms with van der Waals surface area (Å²) >= 11 is 0. The molecule has 2 N–H and O–H groups in total. The van der Waals surface area contributed by atoms with Gasteiger partial charge in [0.1, 0.15) is 0 Å². The molecule has 0 aliphatic heterocycles. The molecule has 0 saturated carbocycles. The van der Waals surface area contributed by atoms with Gasteiger partial charge in [-0.1, -0.05) is 26.7 Å². The second-order valence-corrected chi connectivity index (χ2v) is 6.47. The fraction of sp³-hybridized carbons (Fsp3) is 0.571. The first-order chi connectivity index (χ1) is 9.07. The smallest absolute Gasteiger partial charge is 0.232 e. The van der Waals surface area contributed by atoms with Crippen molar-refractivity contribution in [3.8, 4) is 0 Å². The molecule has 0 spiro atoms. The Morgan fingerprint density at radius 3 is 2.16 bits per heavy atom. The first kappa shape index (κ1) is 15.8. The molecule has 0 unspecified atom stereocenters. The van der Waals surface area contributed by atoms with Gasteiger partial charge >= 0.3 is 0 Å². The van der Waals surface area contributed by atoms with Crippen molar-refractivity contribution in [1.82, 2.24) is 0 Å². The molecule has 0 aliphatic rings. The van der Waals surface area contributed by atoms with Gasteiger partial charge in [-0.05, 0) is 37.1 Å². The lowest BCUT2D eigenvalue weighted by atomic mass is 10.2. The van der Waals surface area contributed by atoms with E-state index >= 15 is 0 Å². The van der Waals surface area contributed by atoms with Crippen LogP contribution in [0.3, 0.4) is 0 Å². The SMILES string of the molecule is CCCCCNc1ccc(NS(=O)(=O)CCC)cc1. The third-order valence-corrected chi connectivity index (χ3v) is 4.23. The predicted octanol–water partition coefficient (Wildman–Crippen LogP) is 3.44. The number of hydrogen-bond acceptors (Lipinski definition) is 3. The standard InChI is InChI=1S/C14H24N2O2S/c1-3-5-6-11-15-13-7-9-14(10-8-13)16-19(17,18)12-4-2/h7-10,15-16H,3-6,11-12H2,1-2H3. The Hall–Kier alpha value is -1.23. The lowest BCUT2D eigenvalue weighted by molar-refractivity contribution is 0.600. The molecule has 0 saturated heterocycles. The molecule has 108 valence electrons. The van der Waals surface area contributed by atoms with E-state index in [4.69, 9.17) is 0 Å². The van der Waals surface area contributed by atoms with Crippen LogP contribution in [0.4, 0.5) is 11.4 Å². The van der Waals surface area contributed by atoms with Crippen molar-refractivity contribution in [2.75, 3.05) is 22.3 Å². The zero-order valence-corrected chi connectivity index (χ0v) is 12.6. The maximum Gasteiger partial charge on any atom is 0.232 e. The Morgan fingerprint density at radius 1 is 0.947 bits per heavy atom. The largest absolute Gasteiger partial charge is 0.385 e. The molecule has 0 heterocycles. The molecule has 1 rings (SSSR count). The third kappa shape index (κ3) is 6.47. The van der Waals surface area contributed by atoms with Gasteiger partial charge in [-0.15, -0.1) is 0 Å². The van der Waals surface area contributed by atoms with Crippen molar-refractivity contribution in [2.45, 2.75) is 39.5 Å². The van der Waals surface area contributed by atoms with Crippen LogP contribution in [0.15, 0.2) is 24.3 Å². The summed E-state index contributed by atoms with van der Waals surface area (Å²) in [5.74, 6) is 0.157. The lowest BCUT2D eigenvalue weighted by Gasteiger charge is -2.09. The summed E-state index contributed by atoms with van der Waals surface area (Å²) in [7, 11) is -3.19. The number of sulfonamides is 1. The molecule has 0 aliphatic carbocycles. The van der Waals surface area contributed by atoms with Gasteiger partial charge in [0.05, 0.1) is 5.75 Å². The molecule has 19 heavy (non-hydrogen) atoms. The number of nitrogens with one attached hydrogen (secondary N) is 2. The molecule has 4 nitrogen and oxygen atoms in total. The van der Waals surface area contributed by atoms with Gasteiger partial charge < -0.3 is 5.32 Å². The van der Waals surface area contributed by atoms with Crippen molar-refractivity contribution >= 4 is 21.4 Å². The van der Waals surface area contributed by atoms with E-state index in [1.165, 1.54) is 12.8 Å². The van der Waals surface area contributed by atoms with Gasteiger partial charge in [-0.3, -0.25) is 4.72 Å². The van der Waals surface area contributed by atoms with Crippen LogP contribution in [0.1, 0.15) is 39.5 Å². The van der Waals surface area contributed by atoms with E-state index in [1.54, 1.807) is 12.1 Å². The zero-order valence-electron chi connectivity index (χ0n) is 11.8. The lowest BCUT2D eigenvalue weighted by Crippen LogP contribution is -2.16. The maximum atomic E-state index is 11.6. The molecular formula is C14H24N2O2S. The van der Waals surface area contributed by atoms with Gasteiger partial charge in [-0.25, -0.2) is 8.42 Å². The number of benzene rings is 1. The Balaban J connectivity index is 2.47. The van der Waals surface area contributed by atoms with Gasteiger partial charge in [0.15, 0.2) is 0 Å². The second kappa shape index (κ2) is 8.04. The van der Waals surface area contributed by atoms with E-state index in [-0.39, 0.29) is 5.75 Å². The zero-order chi connectivity index (χ0) is 14.1. The molecule has 1 aromatic rings. The van der Waals surface area contributed by atoms with E-state index in [9.17, 15) is 8.42 Å². The fourth-order valence-corrected chi connectivity index (χ4v) is 2.90. The van der Waals surface area contributed by atoms with Crippen molar-refractivity contribution in [1.29, 1.82) is 0 Å². The Morgan fingerprint density at radius 2 is 1.58 bits per heavy atom. The molecule has 0 bridgehead atoms. The van der Waals surface area contributed by atoms with E-state index < -0.39 is 10.0 Å². The molecule has 0 atom stereocenters. The molecule has 5 heteroatoms. The van der Waals surface area contributed by atoms with Gasteiger partial charge in [-0.2, -0.15) is 0 Å². The van der Waals surface area contributed by atoms with Gasteiger partial charge in [0.2, 0.25) is 10.0 Å². The average Bonchev–Trinajstić information content (AvgIpc) is 2.36. The molecular weight excluding hydrogens is 260 g/mol. The first-order valence-corrected chi connectivity index (χ1v) is 8.57. The molecule has 0 radical (unpaired) electrons. The van der Waals surface area contributed by atoms with Crippen LogP contribution in [0, 0.1) is 0 Å². The van der Waals surface area contributed by atoms with E-state index in [0.717, 1.165) is 18.7 Å². The van der Waals surface area contributed by atoms with E-state index in [1.807, 2.05) is 19.1 Å². The number of anilines is 2. The molecule has 0 aromatic heterocycles. The van der Waals surface area contributed by atoms with Gasteiger partial charge in [0, 0.05) is 17.9 Å². The topological polar surface area (TPSA) is 58.2 Å². The Kier molecular flexibility index (Phi) is 6.70. The van der Waals surface area contributed by atoms with E-state index in [0.29, 0.717) is 12.1 Å². The van der Waals surface area contributed by atoms with Crippen LogP contribution in [0.5, 0.6) is 0 Å². The monoisotopic (exact) mass is 284 g/mol. The van der Waals surface area contributed by atoms with Crippen molar-refractivity contribution in [3.05, 3.63) is 24.3 Å². The van der Waals surface area contributed by atoms with Crippen molar-refractivity contribution in [3.63, 3.8) is 0 Å². The predicted molar refractivity (Wildman–Crippen MR) is 82.2 cm³/mol. The van der Waals surface area contributed by atoms with Crippen molar-refractivity contribution in [2.24, 2.45) is 0 Å². The van der Waals surface area contributed by atoms with Crippen molar-refractivity contribution < 1.29 is 8.42 Å². The highest BCUT2D eigenvalue weighted by Crippen LogP contribution is 2.15. The minimum Gasteiger partial charge on any atom is -0.385 e. The quantitative estimate of drug-likeness (QED) is 0.683. The molecule has 0 amide bonds. The molecule has 0 fully saturated rings. The number of hydrogen-bond donors (Lipinski definition) is 2. The third-order valence-electron chi connectivity index (χ3n) is 2.74. The fourth-order valence-electron chi connectivity index (χ4n) is 1.76. The van der Waals surface area contributed by atoms with Crippen LogP contribution in [0.25, 0.3) is 0 Å². The first-order valence-electron chi connectivity index (χ1n) is 6.92. The summed E-state index contributed by atoms with van der Waals surface area (Å²) in [5, 5.41) is 3.32.